The summed E-state index contributed by atoms with van der Waals surface area (Å²) in [5.41, 5.74) is 7.63. The summed E-state index contributed by atoms with van der Waals surface area (Å²) in [6.45, 7) is 0.775. The number of nitrogens with two attached hydrogens (primary N) is 1. The molecular weight excluding hydrogens is 285 g/mol. The van der Waals surface area contributed by atoms with Crippen LogP contribution in [-0.4, -0.2) is 13.0 Å². The van der Waals surface area contributed by atoms with Gasteiger partial charge in [0.25, 0.3) is 5.91 Å². The smallest absolute Gasteiger partial charge is 0.252 e. The quantitative estimate of drug-likeness (QED) is 0.728. The highest BCUT2D eigenvalue weighted by atomic mass is 19.1. The van der Waals surface area contributed by atoms with E-state index in [1.54, 1.807) is 6.07 Å². The molecule has 0 saturated carbocycles. The number of benzene rings is 2. The van der Waals surface area contributed by atoms with E-state index < -0.39 is 11.7 Å². The molecule has 22 heavy (non-hydrogen) atoms. The molecule has 112 valence electrons. The third-order valence-electron chi connectivity index (χ3n) is 3.47. The SMILES string of the molecule is CNCc1ccc(-c2cc3cc(F)cc(C(N)=[18O])c3o2)cc1. The number of rotatable bonds is 4. The van der Waals surface area contributed by atoms with Gasteiger partial charge in [-0.2, -0.15) is 0 Å². The minimum atomic E-state index is -0.713. The van der Waals surface area contributed by atoms with Crippen LogP contribution in [0.25, 0.3) is 22.3 Å². The lowest BCUT2D eigenvalue weighted by atomic mass is 10.1. The van der Waals surface area contributed by atoms with Gasteiger partial charge in [0.1, 0.15) is 17.2 Å². The molecule has 0 bridgehead atoms. The Morgan fingerprint density at radius 3 is 2.59 bits per heavy atom. The zero-order valence-corrected chi connectivity index (χ0v) is 12.0. The fraction of sp³-hybridized carbons (Fsp3) is 0.118. The van der Waals surface area contributed by atoms with Crippen molar-refractivity contribution in [3.05, 3.63) is 59.4 Å². The molecule has 1 heterocycles. The zero-order chi connectivity index (χ0) is 15.7. The summed E-state index contributed by atoms with van der Waals surface area (Å²) in [7, 11) is 1.88. The summed E-state index contributed by atoms with van der Waals surface area (Å²) in [5.74, 6) is -0.660. The van der Waals surface area contributed by atoms with Crippen molar-refractivity contribution >= 4 is 16.9 Å². The van der Waals surface area contributed by atoms with Crippen molar-refractivity contribution in [2.45, 2.75) is 6.54 Å². The van der Waals surface area contributed by atoms with Gasteiger partial charge in [-0.15, -0.1) is 0 Å². The van der Waals surface area contributed by atoms with Gasteiger partial charge in [-0.25, -0.2) is 4.39 Å². The van der Waals surface area contributed by atoms with Crippen LogP contribution in [0.15, 0.2) is 46.9 Å². The number of halogens is 1. The molecule has 0 unspecified atom stereocenters. The largest absolute Gasteiger partial charge is 0.455 e. The van der Waals surface area contributed by atoms with Crippen molar-refractivity contribution in [1.29, 1.82) is 0 Å². The van der Waals surface area contributed by atoms with Crippen molar-refractivity contribution in [2.24, 2.45) is 5.73 Å². The lowest BCUT2D eigenvalue weighted by Gasteiger charge is -2.01. The summed E-state index contributed by atoms with van der Waals surface area (Å²) in [6, 6.07) is 11.9. The molecule has 0 aliphatic heterocycles. The molecule has 0 saturated heterocycles. The van der Waals surface area contributed by atoms with Gasteiger partial charge in [0.15, 0.2) is 0 Å². The fourth-order valence-corrected chi connectivity index (χ4v) is 2.43. The molecule has 5 heteroatoms. The van der Waals surface area contributed by atoms with Crippen LogP contribution >= 0.6 is 0 Å². The van der Waals surface area contributed by atoms with Crippen LogP contribution in [0.2, 0.25) is 0 Å². The monoisotopic (exact) mass is 300 g/mol. The Morgan fingerprint density at radius 1 is 1.23 bits per heavy atom. The summed E-state index contributed by atoms with van der Waals surface area (Å²) < 4.78 is 19.3. The maximum Gasteiger partial charge on any atom is 0.252 e. The minimum Gasteiger partial charge on any atom is -0.455 e. The van der Waals surface area contributed by atoms with Crippen LogP contribution < -0.4 is 11.1 Å². The predicted octanol–water partition coefficient (Wildman–Crippen LogP) is 3.06. The third kappa shape index (κ3) is 2.58. The molecule has 3 N–H and O–H groups in total. The van der Waals surface area contributed by atoms with Gasteiger partial charge in [0.05, 0.1) is 5.56 Å². The number of hydrogen-bond donors (Lipinski definition) is 2. The first-order chi connectivity index (χ1) is 10.6. The molecule has 4 nitrogen and oxygen atoms in total. The molecule has 0 fully saturated rings. The van der Waals surface area contributed by atoms with Crippen LogP contribution in [0.3, 0.4) is 0 Å². The van der Waals surface area contributed by atoms with E-state index in [2.05, 4.69) is 5.32 Å². The van der Waals surface area contributed by atoms with E-state index >= 15 is 0 Å². The van der Waals surface area contributed by atoms with E-state index in [4.69, 9.17) is 10.2 Å². The number of nitrogens with one attached hydrogen (secondary N) is 1. The Bertz CT molecular complexity index is 838. The van der Waals surface area contributed by atoms with E-state index in [1.165, 1.54) is 6.07 Å². The molecule has 0 radical (unpaired) electrons. The van der Waals surface area contributed by atoms with Crippen molar-refractivity contribution in [3.63, 3.8) is 0 Å². The zero-order valence-electron chi connectivity index (χ0n) is 12.0. The molecule has 3 aromatic rings. The van der Waals surface area contributed by atoms with Crippen LogP contribution in [0.5, 0.6) is 0 Å². The Morgan fingerprint density at radius 2 is 1.95 bits per heavy atom. The van der Waals surface area contributed by atoms with Gasteiger partial charge in [-0.1, -0.05) is 24.3 Å². The van der Waals surface area contributed by atoms with E-state index in [0.717, 1.165) is 23.7 Å². The predicted molar refractivity (Wildman–Crippen MR) is 82.9 cm³/mol. The summed E-state index contributed by atoms with van der Waals surface area (Å²) >= 11 is 0. The molecule has 3 rings (SSSR count). The van der Waals surface area contributed by atoms with Gasteiger partial charge < -0.3 is 15.5 Å². The van der Waals surface area contributed by atoms with E-state index in [1.807, 2.05) is 31.3 Å². The Labute approximate surface area is 126 Å². The Hall–Kier alpha value is -2.66. The summed E-state index contributed by atoms with van der Waals surface area (Å²) in [5, 5.41) is 3.59. The average Bonchev–Trinajstić information content (AvgIpc) is 2.91. The molecule has 2 aromatic carbocycles. The molecular formula is C17H15FN2O2. The van der Waals surface area contributed by atoms with E-state index in [0.29, 0.717) is 16.7 Å². The second kappa shape index (κ2) is 5.61. The summed E-state index contributed by atoms with van der Waals surface area (Å²) in [4.78, 5) is 11.4. The van der Waals surface area contributed by atoms with Gasteiger partial charge in [-0.3, -0.25) is 4.79 Å². The number of hydrogen-bond acceptors (Lipinski definition) is 3. The fourth-order valence-electron chi connectivity index (χ4n) is 2.43. The van der Waals surface area contributed by atoms with Gasteiger partial charge >= 0.3 is 0 Å². The second-order valence-electron chi connectivity index (χ2n) is 5.07. The maximum atomic E-state index is 13.6. The van der Waals surface area contributed by atoms with E-state index in [-0.39, 0.29) is 5.56 Å². The first-order valence-corrected chi connectivity index (χ1v) is 6.85. The summed E-state index contributed by atoms with van der Waals surface area (Å²) in [6.07, 6.45) is 0. The van der Waals surface area contributed by atoms with Crippen molar-refractivity contribution in [2.75, 3.05) is 7.05 Å². The van der Waals surface area contributed by atoms with Gasteiger partial charge in [-0.05, 0) is 30.8 Å². The highest BCUT2D eigenvalue weighted by molar-refractivity contribution is 6.04. The molecule has 0 aliphatic carbocycles. The highest BCUT2D eigenvalue weighted by Gasteiger charge is 2.15. The normalized spacial score (nSPS) is 11.0. The lowest BCUT2D eigenvalue weighted by molar-refractivity contribution is 0.100. The number of carbonyl (C=O) groups is 1. The molecule has 1 aromatic heterocycles. The number of fused-ring (bicyclic) bond motifs is 1. The highest BCUT2D eigenvalue weighted by Crippen LogP contribution is 2.30. The van der Waals surface area contributed by atoms with Crippen molar-refractivity contribution in [1.82, 2.24) is 5.32 Å². The molecule has 0 aliphatic rings. The lowest BCUT2D eigenvalue weighted by Crippen LogP contribution is -2.11. The number of carbonyl (C=O) groups excluding carboxylic acids is 1. The first-order valence-electron chi connectivity index (χ1n) is 6.85. The number of primary amides is 1. The van der Waals surface area contributed by atoms with Crippen molar-refractivity contribution in [3.8, 4) is 11.3 Å². The van der Waals surface area contributed by atoms with Crippen molar-refractivity contribution < 1.29 is 13.6 Å². The van der Waals surface area contributed by atoms with Gasteiger partial charge in [0, 0.05) is 17.5 Å². The first kappa shape index (κ1) is 14.3. The van der Waals surface area contributed by atoms with Crippen LogP contribution in [0.4, 0.5) is 4.39 Å². The standard InChI is InChI=1S/C17H15FN2O2/c1-20-9-10-2-4-11(5-3-10)15-7-12-6-13(18)8-14(17(19)21)16(12)22-15/h2-8,20H,9H2,1H3,(H2,19,21)/i21+2. The average molecular weight is 300 g/mol. The Balaban J connectivity index is 2.08. The maximum absolute atomic E-state index is 13.6. The minimum absolute atomic E-state index is 0.0491. The number of amides is 1. The molecule has 1 amide bonds. The van der Waals surface area contributed by atoms with Crippen LogP contribution in [0, 0.1) is 5.82 Å². The third-order valence-corrected chi connectivity index (χ3v) is 3.47. The number of furan rings is 1. The van der Waals surface area contributed by atoms with Crippen LogP contribution in [0.1, 0.15) is 15.9 Å². The molecule has 0 spiro atoms. The van der Waals surface area contributed by atoms with Crippen LogP contribution in [-0.2, 0) is 6.54 Å². The Kier molecular flexibility index (Phi) is 3.65. The second-order valence-corrected chi connectivity index (χ2v) is 5.07. The van der Waals surface area contributed by atoms with Gasteiger partial charge in [0.2, 0.25) is 0 Å². The topological polar surface area (TPSA) is 68.3 Å². The molecule has 0 atom stereocenters. The van der Waals surface area contributed by atoms with E-state index in [9.17, 15) is 9.18 Å².